The van der Waals surface area contributed by atoms with Crippen LogP contribution in [0.1, 0.15) is 18.4 Å². The van der Waals surface area contributed by atoms with Crippen molar-refractivity contribution in [1.29, 1.82) is 0 Å². The van der Waals surface area contributed by atoms with E-state index in [1.807, 2.05) is 0 Å². The second-order valence-corrected chi connectivity index (χ2v) is 5.12. The summed E-state index contributed by atoms with van der Waals surface area (Å²) in [7, 11) is 0. The quantitative estimate of drug-likeness (QED) is 0.857. The van der Waals surface area contributed by atoms with Gasteiger partial charge in [0.25, 0.3) is 0 Å². The van der Waals surface area contributed by atoms with Crippen LogP contribution >= 0.6 is 15.9 Å². The summed E-state index contributed by atoms with van der Waals surface area (Å²) in [6, 6.07) is 4.45. The first kappa shape index (κ1) is 12.7. The predicted molar refractivity (Wildman–Crippen MR) is 66.4 cm³/mol. The average Bonchev–Trinajstić information content (AvgIpc) is 2.34. The number of rotatable bonds is 3. The number of ketones is 1. The van der Waals surface area contributed by atoms with Crippen molar-refractivity contribution in [3.63, 3.8) is 0 Å². The third-order valence-electron chi connectivity index (χ3n) is 3.06. The molecule has 0 saturated carbocycles. The number of ether oxygens (including phenoxy) is 1. The van der Waals surface area contributed by atoms with Gasteiger partial charge >= 0.3 is 0 Å². The first-order chi connectivity index (χ1) is 8.16. The van der Waals surface area contributed by atoms with E-state index in [4.69, 9.17) is 4.74 Å². The molecule has 1 aliphatic rings. The molecule has 1 aliphatic heterocycles. The lowest BCUT2D eigenvalue weighted by atomic mass is 9.91. The molecule has 1 aromatic carbocycles. The van der Waals surface area contributed by atoms with E-state index in [0.29, 0.717) is 24.1 Å². The molecule has 0 aliphatic carbocycles. The SMILES string of the molecule is O=C(Cc1ccc(F)cc1Br)C1CCOCC1. The van der Waals surface area contributed by atoms with Crippen LogP contribution < -0.4 is 0 Å². The lowest BCUT2D eigenvalue weighted by Crippen LogP contribution is -2.24. The van der Waals surface area contributed by atoms with Gasteiger partial charge in [0.2, 0.25) is 0 Å². The molecule has 2 rings (SSSR count). The molecule has 0 atom stereocenters. The van der Waals surface area contributed by atoms with Gasteiger partial charge in [-0.25, -0.2) is 4.39 Å². The van der Waals surface area contributed by atoms with Crippen molar-refractivity contribution in [2.75, 3.05) is 13.2 Å². The predicted octanol–water partition coefficient (Wildman–Crippen LogP) is 3.13. The van der Waals surface area contributed by atoms with Crippen molar-refractivity contribution in [2.45, 2.75) is 19.3 Å². The second kappa shape index (κ2) is 5.74. The molecule has 1 heterocycles. The van der Waals surface area contributed by atoms with Gasteiger partial charge in [-0.1, -0.05) is 22.0 Å². The standard InChI is InChI=1S/C13H14BrFO2/c14-12-8-11(15)2-1-10(12)7-13(16)9-3-5-17-6-4-9/h1-2,8-9H,3-7H2. The minimum absolute atomic E-state index is 0.0979. The molecule has 1 fully saturated rings. The van der Waals surface area contributed by atoms with Crippen molar-refractivity contribution >= 4 is 21.7 Å². The fraction of sp³-hybridized carbons (Fsp3) is 0.462. The normalized spacial score (nSPS) is 17.1. The third-order valence-corrected chi connectivity index (χ3v) is 3.79. The zero-order chi connectivity index (χ0) is 12.3. The molecule has 0 unspecified atom stereocenters. The molecule has 2 nitrogen and oxygen atoms in total. The summed E-state index contributed by atoms with van der Waals surface area (Å²) in [5.74, 6) is 0.0282. The van der Waals surface area contributed by atoms with Gasteiger partial charge < -0.3 is 4.74 Å². The summed E-state index contributed by atoms with van der Waals surface area (Å²) in [6.07, 6.45) is 1.97. The number of carbonyl (C=O) groups is 1. The molecule has 17 heavy (non-hydrogen) atoms. The molecule has 0 aromatic heterocycles. The molecule has 0 spiro atoms. The number of Topliss-reactive ketones (excluding diaryl/α,β-unsaturated/α-hetero) is 1. The molecule has 4 heteroatoms. The van der Waals surface area contributed by atoms with Crippen molar-refractivity contribution < 1.29 is 13.9 Å². The molecule has 0 bridgehead atoms. The molecular formula is C13H14BrFO2. The molecule has 0 radical (unpaired) electrons. The van der Waals surface area contributed by atoms with Crippen molar-refractivity contribution in [1.82, 2.24) is 0 Å². The Morgan fingerprint density at radius 1 is 1.41 bits per heavy atom. The van der Waals surface area contributed by atoms with Crippen LogP contribution in [0.3, 0.4) is 0 Å². The maximum Gasteiger partial charge on any atom is 0.140 e. The van der Waals surface area contributed by atoms with Crippen LogP contribution in [0.5, 0.6) is 0 Å². The highest BCUT2D eigenvalue weighted by molar-refractivity contribution is 9.10. The fourth-order valence-electron chi connectivity index (χ4n) is 2.02. The summed E-state index contributed by atoms with van der Waals surface area (Å²) in [5.41, 5.74) is 0.850. The number of halogens is 2. The zero-order valence-corrected chi connectivity index (χ0v) is 11.0. The summed E-state index contributed by atoms with van der Waals surface area (Å²) in [4.78, 5) is 12.0. The van der Waals surface area contributed by atoms with E-state index >= 15 is 0 Å². The van der Waals surface area contributed by atoms with Crippen LogP contribution in [-0.2, 0) is 16.0 Å². The van der Waals surface area contributed by atoms with Crippen LogP contribution in [0.25, 0.3) is 0 Å². The third kappa shape index (κ3) is 3.36. The first-order valence-corrected chi connectivity index (χ1v) is 6.50. The molecule has 1 aromatic rings. The van der Waals surface area contributed by atoms with Gasteiger partial charge in [-0.05, 0) is 30.5 Å². The largest absolute Gasteiger partial charge is 0.381 e. The highest BCUT2D eigenvalue weighted by Gasteiger charge is 2.22. The van der Waals surface area contributed by atoms with E-state index in [0.717, 1.165) is 18.4 Å². The second-order valence-electron chi connectivity index (χ2n) is 4.27. The number of hydrogen-bond acceptors (Lipinski definition) is 2. The first-order valence-electron chi connectivity index (χ1n) is 5.71. The number of hydrogen-bond donors (Lipinski definition) is 0. The van der Waals surface area contributed by atoms with E-state index in [9.17, 15) is 9.18 Å². The van der Waals surface area contributed by atoms with E-state index in [-0.39, 0.29) is 17.5 Å². The molecule has 92 valence electrons. The minimum atomic E-state index is -0.292. The van der Waals surface area contributed by atoms with Gasteiger partial charge in [0.15, 0.2) is 0 Å². The van der Waals surface area contributed by atoms with Crippen LogP contribution in [0, 0.1) is 11.7 Å². The van der Waals surface area contributed by atoms with E-state index in [2.05, 4.69) is 15.9 Å². The van der Waals surface area contributed by atoms with Gasteiger partial charge in [0, 0.05) is 30.0 Å². The van der Waals surface area contributed by atoms with Gasteiger partial charge in [-0.2, -0.15) is 0 Å². The van der Waals surface area contributed by atoms with Gasteiger partial charge in [0.1, 0.15) is 11.6 Å². The zero-order valence-electron chi connectivity index (χ0n) is 9.42. The Labute approximate surface area is 108 Å². The van der Waals surface area contributed by atoms with E-state index < -0.39 is 0 Å². The summed E-state index contributed by atoms with van der Waals surface area (Å²) in [5, 5.41) is 0. The van der Waals surface area contributed by atoms with Crippen molar-refractivity contribution in [3.05, 3.63) is 34.1 Å². The lowest BCUT2D eigenvalue weighted by molar-refractivity contribution is -0.125. The Morgan fingerprint density at radius 2 is 2.12 bits per heavy atom. The molecule has 0 N–H and O–H groups in total. The Morgan fingerprint density at radius 3 is 2.76 bits per heavy atom. The maximum atomic E-state index is 12.9. The summed E-state index contributed by atoms with van der Waals surface area (Å²) >= 11 is 3.28. The van der Waals surface area contributed by atoms with Crippen LogP contribution in [0.15, 0.2) is 22.7 Å². The minimum Gasteiger partial charge on any atom is -0.381 e. The van der Waals surface area contributed by atoms with Gasteiger partial charge in [0.05, 0.1) is 0 Å². The van der Waals surface area contributed by atoms with E-state index in [1.165, 1.54) is 12.1 Å². The fourth-order valence-corrected chi connectivity index (χ4v) is 2.51. The Kier molecular flexibility index (Phi) is 4.29. The summed E-state index contributed by atoms with van der Waals surface area (Å²) < 4.78 is 18.8. The van der Waals surface area contributed by atoms with Gasteiger partial charge in [-0.15, -0.1) is 0 Å². The topological polar surface area (TPSA) is 26.3 Å². The Balaban J connectivity index is 2.02. The maximum absolute atomic E-state index is 12.9. The highest BCUT2D eigenvalue weighted by atomic mass is 79.9. The van der Waals surface area contributed by atoms with Crippen LogP contribution in [0.2, 0.25) is 0 Å². The van der Waals surface area contributed by atoms with Crippen molar-refractivity contribution in [2.24, 2.45) is 5.92 Å². The number of benzene rings is 1. The van der Waals surface area contributed by atoms with Gasteiger partial charge in [-0.3, -0.25) is 4.79 Å². The lowest BCUT2D eigenvalue weighted by Gasteiger charge is -2.20. The van der Waals surface area contributed by atoms with E-state index in [1.54, 1.807) is 6.07 Å². The smallest absolute Gasteiger partial charge is 0.140 e. The molecule has 1 saturated heterocycles. The van der Waals surface area contributed by atoms with Crippen LogP contribution in [-0.4, -0.2) is 19.0 Å². The Hall–Kier alpha value is -0.740. The molecule has 0 amide bonds. The van der Waals surface area contributed by atoms with Crippen molar-refractivity contribution in [3.8, 4) is 0 Å². The highest BCUT2D eigenvalue weighted by Crippen LogP contribution is 2.22. The average molecular weight is 301 g/mol. The molecular weight excluding hydrogens is 287 g/mol. The monoisotopic (exact) mass is 300 g/mol. The Bertz CT molecular complexity index is 414. The number of carbonyl (C=O) groups excluding carboxylic acids is 1. The van der Waals surface area contributed by atoms with Crippen LogP contribution in [0.4, 0.5) is 4.39 Å². The summed E-state index contributed by atoms with van der Waals surface area (Å²) in [6.45, 7) is 1.34.